The second-order valence-electron chi connectivity index (χ2n) is 4.68. The standard InChI is InChI=1S/C16H14FN3/c1-11(15-6-4-13(17)10-19-15)20-14-5-7-16-12(9-14)3-2-8-18-16/h2-11,20H,1H3. The zero-order valence-corrected chi connectivity index (χ0v) is 11.0. The molecule has 0 radical (unpaired) electrons. The van der Waals surface area contributed by atoms with Crippen LogP contribution in [0.5, 0.6) is 0 Å². The van der Waals surface area contributed by atoms with Crippen LogP contribution in [-0.2, 0) is 0 Å². The van der Waals surface area contributed by atoms with E-state index in [-0.39, 0.29) is 11.9 Å². The highest BCUT2D eigenvalue weighted by Crippen LogP contribution is 2.21. The third-order valence-electron chi connectivity index (χ3n) is 3.18. The first-order valence-electron chi connectivity index (χ1n) is 6.45. The minimum Gasteiger partial charge on any atom is -0.377 e. The van der Waals surface area contributed by atoms with Gasteiger partial charge >= 0.3 is 0 Å². The molecule has 0 bridgehead atoms. The monoisotopic (exact) mass is 267 g/mol. The molecule has 20 heavy (non-hydrogen) atoms. The van der Waals surface area contributed by atoms with E-state index in [1.54, 1.807) is 12.3 Å². The van der Waals surface area contributed by atoms with Crippen LogP contribution < -0.4 is 5.32 Å². The Morgan fingerprint density at radius 3 is 2.80 bits per heavy atom. The first-order chi connectivity index (χ1) is 9.72. The Hall–Kier alpha value is -2.49. The minimum atomic E-state index is -0.322. The van der Waals surface area contributed by atoms with Crippen LogP contribution in [0.15, 0.2) is 54.9 Å². The summed E-state index contributed by atoms with van der Waals surface area (Å²) in [5, 5.41) is 4.44. The zero-order chi connectivity index (χ0) is 13.9. The molecular weight excluding hydrogens is 253 g/mol. The van der Waals surface area contributed by atoms with Crippen LogP contribution in [0, 0.1) is 5.82 Å². The Labute approximate surface area is 116 Å². The fraction of sp³-hybridized carbons (Fsp3) is 0.125. The van der Waals surface area contributed by atoms with Crippen LogP contribution in [0.4, 0.5) is 10.1 Å². The minimum absolute atomic E-state index is 0.00437. The molecule has 0 spiro atoms. The largest absolute Gasteiger partial charge is 0.377 e. The molecular formula is C16H14FN3. The lowest BCUT2D eigenvalue weighted by Crippen LogP contribution is -2.08. The number of fused-ring (bicyclic) bond motifs is 1. The highest BCUT2D eigenvalue weighted by molar-refractivity contribution is 5.82. The number of pyridine rings is 2. The number of nitrogens with zero attached hydrogens (tertiary/aromatic N) is 2. The molecule has 0 amide bonds. The lowest BCUT2D eigenvalue weighted by molar-refractivity contribution is 0.617. The van der Waals surface area contributed by atoms with Crippen molar-refractivity contribution >= 4 is 16.6 Å². The van der Waals surface area contributed by atoms with Crippen molar-refractivity contribution < 1.29 is 4.39 Å². The summed E-state index contributed by atoms with van der Waals surface area (Å²) in [5.41, 5.74) is 2.76. The van der Waals surface area contributed by atoms with E-state index in [1.807, 2.05) is 37.3 Å². The van der Waals surface area contributed by atoms with Gasteiger partial charge in [-0.1, -0.05) is 6.07 Å². The average molecular weight is 267 g/mol. The first-order valence-corrected chi connectivity index (χ1v) is 6.45. The summed E-state index contributed by atoms with van der Waals surface area (Å²) >= 11 is 0. The van der Waals surface area contributed by atoms with Crippen LogP contribution in [0.25, 0.3) is 10.9 Å². The summed E-state index contributed by atoms with van der Waals surface area (Å²) in [6.45, 7) is 1.99. The maximum atomic E-state index is 12.9. The molecule has 1 atom stereocenters. The van der Waals surface area contributed by atoms with E-state index >= 15 is 0 Å². The van der Waals surface area contributed by atoms with Crippen LogP contribution in [-0.4, -0.2) is 9.97 Å². The number of hydrogen-bond acceptors (Lipinski definition) is 3. The Bertz CT molecular complexity index is 725. The molecule has 2 heterocycles. The van der Waals surface area contributed by atoms with Gasteiger partial charge in [0.2, 0.25) is 0 Å². The van der Waals surface area contributed by atoms with E-state index in [0.717, 1.165) is 22.3 Å². The van der Waals surface area contributed by atoms with Gasteiger partial charge in [0, 0.05) is 17.3 Å². The topological polar surface area (TPSA) is 37.8 Å². The Morgan fingerprint density at radius 1 is 1.10 bits per heavy atom. The van der Waals surface area contributed by atoms with Crippen LogP contribution in [0.1, 0.15) is 18.7 Å². The van der Waals surface area contributed by atoms with Gasteiger partial charge in [0.25, 0.3) is 0 Å². The summed E-state index contributed by atoms with van der Waals surface area (Å²) in [6.07, 6.45) is 3.01. The molecule has 100 valence electrons. The Balaban J connectivity index is 1.83. The molecule has 0 aliphatic rings. The number of nitrogens with one attached hydrogen (secondary N) is 1. The highest BCUT2D eigenvalue weighted by Gasteiger charge is 2.07. The van der Waals surface area contributed by atoms with Crippen molar-refractivity contribution in [3.8, 4) is 0 Å². The van der Waals surface area contributed by atoms with E-state index in [2.05, 4.69) is 15.3 Å². The molecule has 0 saturated carbocycles. The second-order valence-corrected chi connectivity index (χ2v) is 4.68. The van der Waals surface area contributed by atoms with Gasteiger partial charge in [0.05, 0.1) is 23.4 Å². The average Bonchev–Trinajstić information content (AvgIpc) is 2.48. The maximum Gasteiger partial charge on any atom is 0.141 e. The summed E-state index contributed by atoms with van der Waals surface area (Å²) in [7, 11) is 0. The van der Waals surface area contributed by atoms with Gasteiger partial charge in [-0.3, -0.25) is 9.97 Å². The fourth-order valence-corrected chi connectivity index (χ4v) is 2.13. The van der Waals surface area contributed by atoms with Gasteiger partial charge in [0.1, 0.15) is 5.82 Å². The van der Waals surface area contributed by atoms with Crippen molar-refractivity contribution in [3.63, 3.8) is 0 Å². The van der Waals surface area contributed by atoms with Crippen LogP contribution in [0.3, 0.4) is 0 Å². The molecule has 4 heteroatoms. The molecule has 3 nitrogen and oxygen atoms in total. The number of halogens is 1. The Morgan fingerprint density at radius 2 is 2.00 bits per heavy atom. The van der Waals surface area contributed by atoms with Crippen molar-refractivity contribution in [2.24, 2.45) is 0 Å². The van der Waals surface area contributed by atoms with E-state index in [4.69, 9.17) is 0 Å². The number of rotatable bonds is 3. The van der Waals surface area contributed by atoms with Gasteiger partial charge in [-0.2, -0.15) is 0 Å². The van der Waals surface area contributed by atoms with Crippen molar-refractivity contribution in [1.82, 2.24) is 9.97 Å². The van der Waals surface area contributed by atoms with E-state index < -0.39 is 0 Å². The lowest BCUT2D eigenvalue weighted by atomic mass is 10.1. The molecule has 3 rings (SSSR count). The Kier molecular flexibility index (Phi) is 3.29. The third kappa shape index (κ3) is 2.59. The highest BCUT2D eigenvalue weighted by atomic mass is 19.1. The van der Waals surface area contributed by atoms with Crippen molar-refractivity contribution in [3.05, 3.63) is 66.4 Å². The molecule has 3 aromatic rings. The summed E-state index contributed by atoms with van der Waals surface area (Å²) in [5.74, 6) is -0.322. The van der Waals surface area contributed by atoms with Gasteiger partial charge in [-0.25, -0.2) is 4.39 Å². The van der Waals surface area contributed by atoms with Crippen molar-refractivity contribution in [2.45, 2.75) is 13.0 Å². The normalized spacial score (nSPS) is 12.3. The predicted molar refractivity (Wildman–Crippen MR) is 78.0 cm³/mol. The number of benzene rings is 1. The second kappa shape index (κ2) is 5.25. The first kappa shape index (κ1) is 12.5. The molecule has 1 unspecified atom stereocenters. The van der Waals surface area contributed by atoms with E-state index in [9.17, 15) is 4.39 Å². The lowest BCUT2D eigenvalue weighted by Gasteiger charge is -2.15. The SMILES string of the molecule is CC(Nc1ccc2ncccc2c1)c1ccc(F)cn1. The smallest absolute Gasteiger partial charge is 0.141 e. The number of hydrogen-bond donors (Lipinski definition) is 1. The van der Waals surface area contributed by atoms with E-state index in [0.29, 0.717) is 0 Å². The number of aromatic nitrogens is 2. The van der Waals surface area contributed by atoms with Gasteiger partial charge in [-0.05, 0) is 43.3 Å². The third-order valence-corrected chi connectivity index (χ3v) is 3.18. The number of anilines is 1. The molecule has 0 fully saturated rings. The van der Waals surface area contributed by atoms with Gasteiger partial charge in [-0.15, -0.1) is 0 Å². The van der Waals surface area contributed by atoms with Crippen LogP contribution >= 0.6 is 0 Å². The maximum absolute atomic E-state index is 12.9. The van der Waals surface area contributed by atoms with Crippen LogP contribution in [0.2, 0.25) is 0 Å². The zero-order valence-electron chi connectivity index (χ0n) is 11.0. The predicted octanol–water partition coefficient (Wildman–Crippen LogP) is 3.94. The molecule has 0 aliphatic heterocycles. The summed E-state index contributed by atoms with van der Waals surface area (Å²) < 4.78 is 12.9. The summed E-state index contributed by atoms with van der Waals surface area (Å²) in [4.78, 5) is 8.37. The quantitative estimate of drug-likeness (QED) is 0.781. The molecule has 0 aliphatic carbocycles. The van der Waals surface area contributed by atoms with Gasteiger partial charge in [0.15, 0.2) is 0 Å². The van der Waals surface area contributed by atoms with Gasteiger partial charge < -0.3 is 5.32 Å². The molecule has 0 saturated heterocycles. The van der Waals surface area contributed by atoms with E-state index in [1.165, 1.54) is 12.3 Å². The van der Waals surface area contributed by atoms with Crippen molar-refractivity contribution in [1.29, 1.82) is 0 Å². The molecule has 1 aromatic carbocycles. The summed E-state index contributed by atoms with van der Waals surface area (Å²) in [6, 6.07) is 13.1. The van der Waals surface area contributed by atoms with Crippen molar-refractivity contribution in [2.75, 3.05) is 5.32 Å². The molecule has 2 aromatic heterocycles. The molecule has 1 N–H and O–H groups in total. The fourth-order valence-electron chi connectivity index (χ4n) is 2.13.